The van der Waals surface area contributed by atoms with Crippen molar-refractivity contribution in [2.45, 2.75) is 56.9 Å². The predicted molar refractivity (Wildman–Crippen MR) is 97.2 cm³/mol. The summed E-state index contributed by atoms with van der Waals surface area (Å²) in [6.45, 7) is 5.12. The van der Waals surface area contributed by atoms with Crippen LogP contribution in [0.4, 0.5) is 0 Å². The van der Waals surface area contributed by atoms with Crippen molar-refractivity contribution in [2.75, 3.05) is 20.2 Å². The minimum Gasteiger partial charge on any atom is -0.496 e. The molecule has 1 saturated heterocycles. The van der Waals surface area contributed by atoms with Crippen molar-refractivity contribution in [3.8, 4) is 5.75 Å². The Morgan fingerprint density at radius 3 is 2.60 bits per heavy atom. The number of rotatable bonds is 8. The van der Waals surface area contributed by atoms with Crippen LogP contribution in [-0.2, 0) is 21.2 Å². The first-order valence-electron chi connectivity index (χ1n) is 8.85. The van der Waals surface area contributed by atoms with Crippen LogP contribution in [0.25, 0.3) is 0 Å². The Morgan fingerprint density at radius 1 is 1.32 bits per heavy atom. The van der Waals surface area contributed by atoms with E-state index in [1.54, 1.807) is 25.3 Å². The molecule has 1 unspecified atom stereocenters. The lowest BCUT2D eigenvalue weighted by atomic mass is 10.1. The van der Waals surface area contributed by atoms with Gasteiger partial charge < -0.3 is 10.1 Å². The lowest BCUT2D eigenvalue weighted by Crippen LogP contribution is -2.32. The Labute approximate surface area is 150 Å². The normalized spacial score (nSPS) is 16.6. The molecule has 1 amide bonds. The Morgan fingerprint density at radius 2 is 2.00 bits per heavy atom. The first-order valence-corrected chi connectivity index (χ1v) is 10.3. The number of hydrogen-bond donors (Lipinski definition) is 1. The number of ether oxygens (including phenoxy) is 1. The maximum absolute atomic E-state index is 12.7. The van der Waals surface area contributed by atoms with Gasteiger partial charge in [-0.1, -0.05) is 6.92 Å². The summed E-state index contributed by atoms with van der Waals surface area (Å²) in [6.07, 6.45) is 3.41. The van der Waals surface area contributed by atoms with Crippen LogP contribution in [-0.4, -0.2) is 44.9 Å². The molecule has 0 aliphatic carbocycles. The van der Waals surface area contributed by atoms with Gasteiger partial charge in [-0.2, -0.15) is 4.31 Å². The summed E-state index contributed by atoms with van der Waals surface area (Å²) in [5, 5.41) is 2.92. The fraction of sp³-hybridized carbons (Fsp3) is 0.611. The molecular weight excluding hydrogens is 340 g/mol. The molecule has 1 aromatic rings. The molecule has 0 radical (unpaired) electrons. The molecule has 1 heterocycles. The number of benzene rings is 1. The summed E-state index contributed by atoms with van der Waals surface area (Å²) in [5.41, 5.74) is 0.738. The van der Waals surface area contributed by atoms with Gasteiger partial charge in [0.25, 0.3) is 0 Å². The molecule has 25 heavy (non-hydrogen) atoms. The van der Waals surface area contributed by atoms with Crippen molar-refractivity contribution in [1.29, 1.82) is 0 Å². The maximum atomic E-state index is 12.7. The zero-order chi connectivity index (χ0) is 18.4. The van der Waals surface area contributed by atoms with Gasteiger partial charge in [0.05, 0.1) is 12.0 Å². The van der Waals surface area contributed by atoms with E-state index in [9.17, 15) is 13.2 Å². The third kappa shape index (κ3) is 4.95. The van der Waals surface area contributed by atoms with Gasteiger partial charge in [-0.05, 0) is 56.4 Å². The van der Waals surface area contributed by atoms with Gasteiger partial charge in [-0.15, -0.1) is 0 Å². The van der Waals surface area contributed by atoms with E-state index < -0.39 is 10.0 Å². The van der Waals surface area contributed by atoms with Crippen molar-refractivity contribution in [2.24, 2.45) is 0 Å². The van der Waals surface area contributed by atoms with Gasteiger partial charge in [-0.25, -0.2) is 8.42 Å². The fourth-order valence-corrected chi connectivity index (χ4v) is 4.45. The van der Waals surface area contributed by atoms with Gasteiger partial charge in [0.1, 0.15) is 5.75 Å². The average Bonchev–Trinajstić information content (AvgIpc) is 3.15. The molecule has 1 atom stereocenters. The van der Waals surface area contributed by atoms with E-state index in [1.807, 2.05) is 13.8 Å². The quantitative estimate of drug-likeness (QED) is 0.764. The summed E-state index contributed by atoms with van der Waals surface area (Å²) in [6, 6.07) is 5.03. The van der Waals surface area contributed by atoms with E-state index in [0.717, 1.165) is 24.8 Å². The van der Waals surface area contributed by atoms with E-state index in [1.165, 1.54) is 4.31 Å². The first kappa shape index (κ1) is 19.7. The highest BCUT2D eigenvalue weighted by Gasteiger charge is 2.27. The van der Waals surface area contributed by atoms with Crippen LogP contribution >= 0.6 is 0 Å². The number of amides is 1. The Kier molecular flexibility index (Phi) is 6.84. The van der Waals surface area contributed by atoms with Gasteiger partial charge in [0.15, 0.2) is 0 Å². The summed E-state index contributed by atoms with van der Waals surface area (Å²) in [4.78, 5) is 12.3. The van der Waals surface area contributed by atoms with Gasteiger partial charge >= 0.3 is 0 Å². The smallest absolute Gasteiger partial charge is 0.243 e. The highest BCUT2D eigenvalue weighted by molar-refractivity contribution is 7.89. The van der Waals surface area contributed by atoms with E-state index in [4.69, 9.17) is 4.74 Å². The van der Waals surface area contributed by atoms with Crippen LogP contribution in [0.1, 0.15) is 45.1 Å². The Bertz CT molecular complexity index is 697. The fourth-order valence-electron chi connectivity index (χ4n) is 2.89. The number of nitrogens with zero attached hydrogens (tertiary/aromatic N) is 1. The number of methoxy groups -OCH3 is 1. The lowest BCUT2D eigenvalue weighted by molar-refractivity contribution is -0.121. The number of sulfonamides is 1. The zero-order valence-electron chi connectivity index (χ0n) is 15.2. The number of carbonyl (C=O) groups is 1. The van der Waals surface area contributed by atoms with Crippen LogP contribution in [0.3, 0.4) is 0 Å². The molecule has 140 valence electrons. The van der Waals surface area contributed by atoms with E-state index >= 15 is 0 Å². The molecule has 1 fully saturated rings. The summed E-state index contributed by atoms with van der Waals surface area (Å²) < 4.78 is 32.3. The monoisotopic (exact) mass is 368 g/mol. The van der Waals surface area contributed by atoms with Crippen molar-refractivity contribution >= 4 is 15.9 Å². The van der Waals surface area contributed by atoms with Crippen LogP contribution in [0, 0.1) is 0 Å². The lowest BCUT2D eigenvalue weighted by Gasteiger charge is -2.17. The summed E-state index contributed by atoms with van der Waals surface area (Å²) in [5.74, 6) is 0.570. The van der Waals surface area contributed by atoms with Crippen LogP contribution in [0.5, 0.6) is 5.75 Å². The molecule has 1 N–H and O–H groups in total. The molecule has 1 aliphatic heterocycles. The average molecular weight is 368 g/mol. The molecule has 0 aromatic heterocycles. The molecule has 1 aliphatic rings. The molecule has 0 spiro atoms. The SMILES string of the molecule is CCC(C)NC(=O)CCc1cc(S(=O)(=O)N2CCCC2)ccc1OC. The number of aryl methyl sites for hydroxylation is 1. The number of hydrogen-bond acceptors (Lipinski definition) is 4. The molecule has 2 rings (SSSR count). The van der Waals surface area contributed by atoms with Crippen molar-refractivity contribution in [3.63, 3.8) is 0 Å². The van der Waals surface area contributed by atoms with Crippen molar-refractivity contribution in [3.05, 3.63) is 23.8 Å². The highest BCUT2D eigenvalue weighted by atomic mass is 32.2. The van der Waals surface area contributed by atoms with Crippen LogP contribution in [0.2, 0.25) is 0 Å². The van der Waals surface area contributed by atoms with Crippen LogP contribution < -0.4 is 10.1 Å². The Hall–Kier alpha value is -1.60. The second-order valence-electron chi connectivity index (χ2n) is 6.46. The maximum Gasteiger partial charge on any atom is 0.243 e. The second kappa shape index (κ2) is 8.67. The van der Waals surface area contributed by atoms with E-state index in [2.05, 4.69) is 5.32 Å². The number of carbonyl (C=O) groups excluding carboxylic acids is 1. The minimum atomic E-state index is -3.47. The van der Waals surface area contributed by atoms with E-state index in [0.29, 0.717) is 31.7 Å². The summed E-state index contributed by atoms with van der Waals surface area (Å²) in [7, 11) is -1.92. The number of nitrogens with one attached hydrogen (secondary N) is 1. The third-order valence-corrected chi connectivity index (χ3v) is 6.49. The topological polar surface area (TPSA) is 75.7 Å². The zero-order valence-corrected chi connectivity index (χ0v) is 16.1. The van der Waals surface area contributed by atoms with Crippen LogP contribution in [0.15, 0.2) is 23.1 Å². The molecule has 0 bridgehead atoms. The van der Waals surface area contributed by atoms with Crippen molar-refractivity contribution < 1.29 is 17.9 Å². The van der Waals surface area contributed by atoms with E-state index in [-0.39, 0.29) is 16.8 Å². The first-order chi connectivity index (χ1) is 11.9. The molecular formula is C18H28N2O4S. The minimum absolute atomic E-state index is 0.0378. The molecule has 1 aromatic carbocycles. The van der Waals surface area contributed by atoms with Gasteiger partial charge in [0, 0.05) is 25.6 Å². The van der Waals surface area contributed by atoms with Gasteiger partial charge in [-0.3, -0.25) is 4.79 Å². The summed E-state index contributed by atoms with van der Waals surface area (Å²) >= 11 is 0. The third-order valence-electron chi connectivity index (χ3n) is 4.60. The standard InChI is InChI=1S/C18H28N2O4S/c1-4-14(2)19-18(21)10-7-15-13-16(8-9-17(15)24-3)25(22,23)20-11-5-6-12-20/h8-9,13-14H,4-7,10-12H2,1-3H3,(H,19,21). The largest absolute Gasteiger partial charge is 0.496 e. The second-order valence-corrected chi connectivity index (χ2v) is 8.40. The predicted octanol–water partition coefficient (Wildman–Crippen LogP) is 2.33. The molecule has 6 nitrogen and oxygen atoms in total. The molecule has 7 heteroatoms. The van der Waals surface area contributed by atoms with Crippen molar-refractivity contribution in [1.82, 2.24) is 9.62 Å². The Balaban J connectivity index is 2.15. The molecule has 0 saturated carbocycles. The van der Waals surface area contributed by atoms with Gasteiger partial charge in [0.2, 0.25) is 15.9 Å². The highest BCUT2D eigenvalue weighted by Crippen LogP contribution is 2.27.